The zero-order valence-corrected chi connectivity index (χ0v) is 55.4. The van der Waals surface area contributed by atoms with E-state index in [0.29, 0.717) is 249 Å². The van der Waals surface area contributed by atoms with Crippen LogP contribution in [0.25, 0.3) is 20.9 Å². The monoisotopic (exact) mass is 1390 g/mol. The fraction of sp³-hybridized carbons (Fsp3) is 0.865. The number of nitrogens with one attached hydrogen (secondary N) is 1. The third kappa shape index (κ3) is 77.6. The Labute approximate surface area is 541 Å². The number of ether oxygens (including phenoxy) is 19. The summed E-state index contributed by atoms with van der Waals surface area (Å²) in [5, 5.41) is 9.53. The summed E-state index contributed by atoms with van der Waals surface area (Å²) >= 11 is 0. The molecule has 1 rings (SSSR count). The fourth-order valence-corrected chi connectivity index (χ4v) is 6.39. The quantitative estimate of drug-likeness (QED) is 0.0273. The molecular weight excluding hydrogens is 1300 g/mol. The largest absolute Gasteiger partial charge is 0.490 e. The number of hydrogen-bond acceptors (Lipinski definition) is 31. The lowest BCUT2D eigenvalue weighted by Gasteiger charge is -2.18. The Balaban J connectivity index is -0.00000174. The van der Waals surface area contributed by atoms with Crippen molar-refractivity contribution in [1.29, 1.82) is 0 Å². The topological polar surface area (TPSA) is 485 Å². The van der Waals surface area contributed by atoms with Crippen LogP contribution in [0.1, 0.15) is 43.5 Å². The molecule has 1 amide bonds. The average molecular weight is 1400 g/mol. The van der Waals surface area contributed by atoms with Gasteiger partial charge in [0.15, 0.2) is 11.5 Å². The van der Waals surface area contributed by atoms with Crippen molar-refractivity contribution in [2.24, 2.45) is 16.0 Å². The van der Waals surface area contributed by atoms with Crippen LogP contribution < -0.4 is 25.3 Å². The first kappa shape index (κ1) is 91.4. The molecule has 4 N–H and O–H groups in total. The first-order valence-electron chi connectivity index (χ1n) is 29.5. The summed E-state index contributed by atoms with van der Waals surface area (Å²) in [5.41, 5.74) is 21.8. The molecule has 0 radical (unpaired) electrons. The van der Waals surface area contributed by atoms with E-state index in [-0.39, 0.29) is 43.4 Å². The van der Waals surface area contributed by atoms with E-state index in [1.807, 2.05) is 13.8 Å². The van der Waals surface area contributed by atoms with Gasteiger partial charge in [-0.1, -0.05) is 24.1 Å². The van der Waals surface area contributed by atoms with Crippen molar-refractivity contribution in [1.82, 2.24) is 5.32 Å². The number of carbonyl (C=O) groups is 1. The van der Waals surface area contributed by atoms with Crippen molar-refractivity contribution in [2.45, 2.75) is 33.1 Å². The fourth-order valence-electron chi connectivity index (χ4n) is 5.91. The highest BCUT2D eigenvalue weighted by Gasteiger charge is 2.19. The maximum atomic E-state index is 13.0. The van der Waals surface area contributed by atoms with E-state index in [4.69, 9.17) is 137 Å². The Morgan fingerprint density at radius 2 is 0.707 bits per heavy atom. The van der Waals surface area contributed by atoms with Gasteiger partial charge in [-0.2, -0.15) is 8.42 Å². The van der Waals surface area contributed by atoms with Crippen LogP contribution in [0.3, 0.4) is 0 Å². The molecule has 1 aromatic rings. The Kier molecular flexibility index (Phi) is 74.7. The van der Waals surface area contributed by atoms with Gasteiger partial charge in [-0.15, -0.1) is 25.3 Å². The van der Waals surface area contributed by atoms with Crippen LogP contribution in [-0.2, 0) is 107 Å². The van der Waals surface area contributed by atoms with Gasteiger partial charge in [-0.25, -0.2) is 0 Å². The van der Waals surface area contributed by atoms with Crippen molar-refractivity contribution in [3.05, 3.63) is 38.6 Å². The molecule has 0 unspecified atom stereocenters. The minimum absolute atomic E-state index is 0.0209. The predicted molar refractivity (Wildman–Crippen MR) is 326 cm³/mol. The number of amides is 1. The highest BCUT2D eigenvalue weighted by atomic mass is 32.2. The molecule has 0 heterocycles. The number of benzene rings is 1. The van der Waals surface area contributed by atoms with Crippen LogP contribution >= 0.6 is 0 Å². The number of nitrogens with two attached hydrogens (primary N) is 1. The Morgan fingerprint density at radius 3 is 0.978 bits per heavy atom. The zero-order chi connectivity index (χ0) is 68.3. The van der Waals surface area contributed by atoms with Crippen molar-refractivity contribution in [3.8, 4) is 17.2 Å². The second-order valence-electron chi connectivity index (χ2n) is 17.1. The molecular formula is C52H98N8O29S3. The molecule has 0 saturated carbocycles. The van der Waals surface area contributed by atoms with Gasteiger partial charge in [0, 0.05) is 41.6 Å². The highest BCUT2D eigenvalue weighted by Crippen LogP contribution is 2.39. The molecule has 0 aliphatic carbocycles. The molecule has 538 valence electrons. The number of rotatable bonds is 65. The van der Waals surface area contributed by atoms with E-state index < -0.39 is 37.1 Å². The van der Waals surface area contributed by atoms with E-state index in [0.717, 1.165) is 12.8 Å². The van der Waals surface area contributed by atoms with Crippen LogP contribution in [0.4, 0.5) is 0 Å². The summed E-state index contributed by atoms with van der Waals surface area (Å²) in [7, 11) is -10.3. The molecule has 0 aliphatic heterocycles. The third-order valence-corrected chi connectivity index (χ3v) is 10.6. The molecule has 0 fully saturated rings. The molecule has 92 heavy (non-hydrogen) atoms. The van der Waals surface area contributed by atoms with Gasteiger partial charge in [0.2, 0.25) is 5.75 Å². The minimum atomic E-state index is -4.12. The summed E-state index contributed by atoms with van der Waals surface area (Å²) in [6.45, 7) is 20.9. The maximum absolute atomic E-state index is 13.0. The normalized spacial score (nSPS) is 10.7. The van der Waals surface area contributed by atoms with Gasteiger partial charge in [-0.05, 0) is 42.5 Å². The van der Waals surface area contributed by atoms with Gasteiger partial charge < -0.3 is 101 Å². The van der Waals surface area contributed by atoms with Crippen LogP contribution in [0, 0.1) is 0 Å². The molecule has 0 aliphatic rings. The van der Waals surface area contributed by atoms with Crippen LogP contribution in [-0.4, -0.2) is 307 Å². The maximum Gasteiger partial charge on any atom is 0.425 e. The minimum Gasteiger partial charge on any atom is -0.490 e. The highest BCUT2D eigenvalue weighted by molar-refractivity contribution is 7.85. The molecule has 0 atom stereocenters. The van der Waals surface area contributed by atoms with Crippen molar-refractivity contribution >= 4 is 37.2 Å². The van der Waals surface area contributed by atoms with Gasteiger partial charge in [0.05, 0.1) is 237 Å². The molecule has 0 bridgehead atoms. The standard InChI is InChI=1S/C34H60N4O15S.C18H38N4O8.2O3S/c1-3-8-51-31-28-30(29-32(33(31)53-9-4-2)52-10-5-27-54(40,41)42)34(39)36-6-11-43-13-15-45-17-19-47-21-23-49-25-26-50-24-22-48-20-18-46-16-14-44-12-7-37-38-35;19-1-3-23-5-7-25-9-11-27-13-15-29-17-18-30-16-14-28-12-10-26-8-6-24-4-2-21-22-20;2*1-4(2)3/h28-29H,3-27H2,1-2H3,(H,36,39)(H,40,41,42);1-19H2;;. The average Bonchev–Trinajstić information content (AvgIpc) is 0.848. The lowest BCUT2D eigenvalue weighted by atomic mass is 10.1. The number of azide groups is 2. The summed E-state index contributed by atoms with van der Waals surface area (Å²) in [4.78, 5) is 18.2. The van der Waals surface area contributed by atoms with E-state index >= 15 is 0 Å². The zero-order valence-electron chi connectivity index (χ0n) is 52.9. The second-order valence-corrected chi connectivity index (χ2v) is 19.5. The lowest BCUT2D eigenvalue weighted by Crippen LogP contribution is -2.28. The summed E-state index contributed by atoms with van der Waals surface area (Å²) < 4.78 is 185. The lowest BCUT2D eigenvalue weighted by molar-refractivity contribution is -0.0228. The van der Waals surface area contributed by atoms with Gasteiger partial charge in [-0.3, -0.25) is 9.35 Å². The van der Waals surface area contributed by atoms with Crippen LogP contribution in [0.2, 0.25) is 0 Å². The van der Waals surface area contributed by atoms with Crippen molar-refractivity contribution in [3.63, 3.8) is 0 Å². The molecule has 0 spiro atoms. The van der Waals surface area contributed by atoms with E-state index in [9.17, 15) is 13.2 Å². The number of hydrogen-bond donors (Lipinski definition) is 3. The smallest absolute Gasteiger partial charge is 0.425 e. The predicted octanol–water partition coefficient (Wildman–Crippen LogP) is 1.47. The first-order chi connectivity index (χ1) is 44.7. The van der Waals surface area contributed by atoms with E-state index in [1.54, 1.807) is 6.07 Å². The summed E-state index contributed by atoms with van der Waals surface area (Å²) in [6.07, 6.45) is 1.51. The van der Waals surface area contributed by atoms with Gasteiger partial charge in [0.1, 0.15) is 0 Å². The number of nitrogens with zero attached hydrogens (tertiary/aromatic N) is 6. The van der Waals surface area contributed by atoms with E-state index in [1.165, 1.54) is 6.07 Å². The van der Waals surface area contributed by atoms with Gasteiger partial charge >= 0.3 is 21.2 Å². The second kappa shape index (κ2) is 75.2. The third-order valence-electron chi connectivity index (χ3n) is 9.80. The van der Waals surface area contributed by atoms with Crippen LogP contribution in [0.15, 0.2) is 22.4 Å². The molecule has 40 heteroatoms. The summed E-state index contributed by atoms with van der Waals surface area (Å²) in [6, 6.07) is 3.10. The van der Waals surface area contributed by atoms with Gasteiger partial charge in [0.25, 0.3) is 16.0 Å². The Morgan fingerprint density at radius 1 is 0.446 bits per heavy atom. The first-order valence-corrected chi connectivity index (χ1v) is 33.1. The Hall–Kier alpha value is -4.82. The number of carbonyl (C=O) groups excluding carboxylic acids is 1. The molecule has 37 nitrogen and oxygen atoms in total. The van der Waals surface area contributed by atoms with Crippen molar-refractivity contribution < 1.29 is 133 Å². The summed E-state index contributed by atoms with van der Waals surface area (Å²) in [5.74, 6) is 0.0839. The Bertz CT molecular complexity index is 2240. The SMILES string of the molecule is CCCOc1cc(C(=O)NCCOCCOCCOCCOCCOCCOCCOCCOCCN=[N+]=[N-])cc(OCCCS(=O)(=O)O)c1OCCC.O=S(=O)=O.O=S(=O)=O.[N-]=[N+]=NCCOCCOCCOCCOCCOCCOCCOCCOCCN. The van der Waals surface area contributed by atoms with Crippen LogP contribution in [0.5, 0.6) is 17.2 Å². The molecule has 0 saturated heterocycles. The molecule has 0 aromatic heterocycles. The molecule has 1 aromatic carbocycles. The van der Waals surface area contributed by atoms with E-state index in [2.05, 4.69) is 25.4 Å². The van der Waals surface area contributed by atoms with Crippen molar-refractivity contribution in [2.75, 3.05) is 263 Å².